The number of carbonyl (C=O) groups excluding carboxylic acids is 1. The lowest BCUT2D eigenvalue weighted by atomic mass is 10.1. The molecule has 19 heavy (non-hydrogen) atoms. The van der Waals surface area contributed by atoms with E-state index in [1.807, 2.05) is 0 Å². The van der Waals surface area contributed by atoms with Gasteiger partial charge < -0.3 is 10.2 Å². The van der Waals surface area contributed by atoms with Gasteiger partial charge in [-0.1, -0.05) is 0 Å². The van der Waals surface area contributed by atoms with Gasteiger partial charge in [-0.2, -0.15) is 5.10 Å². The number of hydrogen-bond acceptors (Lipinski definition) is 4. The van der Waals surface area contributed by atoms with Gasteiger partial charge in [0.05, 0.1) is 11.8 Å². The number of nitrogens with zero attached hydrogens (tertiary/aromatic N) is 2. The molecule has 0 aliphatic rings. The summed E-state index contributed by atoms with van der Waals surface area (Å²) in [5.74, 6) is -0.382. The van der Waals surface area contributed by atoms with Gasteiger partial charge >= 0.3 is 0 Å². The number of ketones is 1. The maximum absolute atomic E-state index is 13.1. The van der Waals surface area contributed by atoms with Gasteiger partial charge in [0.1, 0.15) is 17.2 Å². The number of nitrogen functional groups attached to an aromatic ring is 1. The molecule has 0 saturated carbocycles. The Morgan fingerprint density at radius 3 is 2.89 bits per heavy atom. The number of carbonyl (C=O) groups is 1. The first-order valence-corrected chi connectivity index (χ1v) is 5.57. The molecule has 2 N–H and O–H groups in total. The molecule has 5 nitrogen and oxygen atoms in total. The number of benzene rings is 1. The minimum absolute atomic E-state index is 0.111. The van der Waals surface area contributed by atoms with E-state index >= 15 is 0 Å². The molecule has 0 spiro atoms. The molecule has 0 fully saturated rings. The van der Waals surface area contributed by atoms with Crippen LogP contribution in [0.4, 0.5) is 10.2 Å². The smallest absolute Gasteiger partial charge is 0.233 e. The Morgan fingerprint density at radius 1 is 1.42 bits per heavy atom. The Bertz CT molecular complexity index is 788. The van der Waals surface area contributed by atoms with Crippen LogP contribution >= 0.6 is 0 Å². The lowest BCUT2D eigenvalue weighted by Gasteiger charge is -1.96. The molecule has 0 aliphatic heterocycles. The molecule has 3 rings (SSSR count). The van der Waals surface area contributed by atoms with Crippen LogP contribution in [0.1, 0.15) is 16.1 Å². The Morgan fingerprint density at radius 2 is 2.21 bits per heavy atom. The Kier molecular flexibility index (Phi) is 2.38. The molecule has 0 unspecified atom stereocenters. The lowest BCUT2D eigenvalue weighted by molar-refractivity contribution is 0.101. The van der Waals surface area contributed by atoms with E-state index in [1.54, 1.807) is 7.05 Å². The molecule has 2 heterocycles. The fourth-order valence-electron chi connectivity index (χ4n) is 1.88. The van der Waals surface area contributed by atoms with E-state index in [-0.39, 0.29) is 28.7 Å². The van der Waals surface area contributed by atoms with Crippen molar-refractivity contribution in [1.29, 1.82) is 0 Å². The van der Waals surface area contributed by atoms with Gasteiger partial charge in [0.15, 0.2) is 5.76 Å². The molecule has 3 aromatic rings. The largest absolute Gasteiger partial charge is 0.453 e. The summed E-state index contributed by atoms with van der Waals surface area (Å²) in [5.41, 5.74) is 6.45. The third-order valence-electron chi connectivity index (χ3n) is 2.93. The predicted molar refractivity (Wildman–Crippen MR) is 67.2 cm³/mol. The van der Waals surface area contributed by atoms with E-state index < -0.39 is 0 Å². The van der Waals surface area contributed by atoms with E-state index in [4.69, 9.17) is 10.2 Å². The number of anilines is 1. The minimum atomic E-state index is -0.381. The Hall–Kier alpha value is -2.63. The summed E-state index contributed by atoms with van der Waals surface area (Å²) in [6.45, 7) is 0. The molecule has 0 saturated heterocycles. The van der Waals surface area contributed by atoms with E-state index in [1.165, 1.54) is 35.1 Å². The van der Waals surface area contributed by atoms with Crippen molar-refractivity contribution in [3.8, 4) is 0 Å². The molecular weight excluding hydrogens is 249 g/mol. The average Bonchev–Trinajstić information content (AvgIpc) is 2.93. The van der Waals surface area contributed by atoms with Gasteiger partial charge in [-0.05, 0) is 24.3 Å². The molecule has 96 valence electrons. The van der Waals surface area contributed by atoms with Crippen LogP contribution in [0.2, 0.25) is 0 Å². The van der Waals surface area contributed by atoms with Gasteiger partial charge in [-0.25, -0.2) is 4.39 Å². The van der Waals surface area contributed by atoms with Crippen molar-refractivity contribution < 1.29 is 13.6 Å². The predicted octanol–water partition coefficient (Wildman–Crippen LogP) is 2.12. The molecule has 0 amide bonds. The second-order valence-corrected chi connectivity index (χ2v) is 4.19. The minimum Gasteiger partial charge on any atom is -0.453 e. The van der Waals surface area contributed by atoms with Crippen LogP contribution in [-0.2, 0) is 7.05 Å². The van der Waals surface area contributed by atoms with Crippen molar-refractivity contribution in [3.63, 3.8) is 0 Å². The Balaban J connectivity index is 2.09. The molecule has 6 heteroatoms. The zero-order valence-corrected chi connectivity index (χ0v) is 10.1. The van der Waals surface area contributed by atoms with E-state index in [9.17, 15) is 9.18 Å². The van der Waals surface area contributed by atoms with E-state index in [0.29, 0.717) is 11.0 Å². The zero-order valence-electron chi connectivity index (χ0n) is 10.1. The highest BCUT2D eigenvalue weighted by molar-refractivity contribution is 6.11. The van der Waals surface area contributed by atoms with E-state index in [0.717, 1.165) is 0 Å². The van der Waals surface area contributed by atoms with Crippen molar-refractivity contribution in [2.75, 3.05) is 5.73 Å². The SMILES string of the molecule is Cn1ncc(C(=O)c2cc3cc(F)ccc3o2)c1N. The van der Waals surface area contributed by atoms with Crippen LogP contribution in [0.3, 0.4) is 0 Å². The normalized spacial score (nSPS) is 11.1. The van der Waals surface area contributed by atoms with Crippen LogP contribution in [0, 0.1) is 5.82 Å². The average molecular weight is 259 g/mol. The first-order chi connectivity index (χ1) is 9.06. The number of furan rings is 1. The summed E-state index contributed by atoms with van der Waals surface area (Å²) in [6, 6.07) is 5.56. The number of fused-ring (bicyclic) bond motifs is 1. The second-order valence-electron chi connectivity index (χ2n) is 4.19. The second kappa shape index (κ2) is 3.94. The molecule has 0 bridgehead atoms. The fourth-order valence-corrected chi connectivity index (χ4v) is 1.88. The maximum Gasteiger partial charge on any atom is 0.233 e. The highest BCUT2D eigenvalue weighted by Crippen LogP contribution is 2.23. The summed E-state index contributed by atoms with van der Waals surface area (Å²) in [4.78, 5) is 12.2. The van der Waals surface area contributed by atoms with Crippen LogP contribution in [0.5, 0.6) is 0 Å². The van der Waals surface area contributed by atoms with Gasteiger partial charge in [0.25, 0.3) is 0 Å². The number of hydrogen-bond donors (Lipinski definition) is 1. The number of aryl methyl sites for hydroxylation is 1. The maximum atomic E-state index is 13.1. The van der Waals surface area contributed by atoms with Crippen molar-refractivity contribution >= 4 is 22.6 Å². The summed E-state index contributed by atoms with van der Waals surface area (Å²) in [6.07, 6.45) is 1.38. The lowest BCUT2D eigenvalue weighted by Crippen LogP contribution is -2.05. The number of aromatic nitrogens is 2. The zero-order chi connectivity index (χ0) is 13.6. The fraction of sp³-hybridized carbons (Fsp3) is 0.0769. The van der Waals surface area contributed by atoms with Gasteiger partial charge in [0, 0.05) is 12.4 Å². The first kappa shape index (κ1) is 11.5. The third kappa shape index (κ3) is 1.77. The summed E-state index contributed by atoms with van der Waals surface area (Å²) in [5, 5.41) is 4.43. The molecule has 0 aliphatic carbocycles. The highest BCUT2D eigenvalue weighted by atomic mass is 19.1. The van der Waals surface area contributed by atoms with Crippen LogP contribution in [0.25, 0.3) is 11.0 Å². The molecule has 1 aromatic carbocycles. The van der Waals surface area contributed by atoms with Gasteiger partial charge in [-0.3, -0.25) is 9.48 Å². The van der Waals surface area contributed by atoms with Crippen LogP contribution < -0.4 is 5.73 Å². The summed E-state index contributed by atoms with van der Waals surface area (Å²) >= 11 is 0. The van der Waals surface area contributed by atoms with Gasteiger partial charge in [0.2, 0.25) is 5.78 Å². The van der Waals surface area contributed by atoms with Crippen LogP contribution in [-0.4, -0.2) is 15.6 Å². The third-order valence-corrected chi connectivity index (χ3v) is 2.93. The standard InChI is InChI=1S/C13H10FN3O2/c1-17-13(15)9(6-16-17)12(18)11-5-7-4-8(14)2-3-10(7)19-11/h2-6H,15H2,1H3. The summed E-state index contributed by atoms with van der Waals surface area (Å²) in [7, 11) is 1.64. The first-order valence-electron chi connectivity index (χ1n) is 5.57. The van der Waals surface area contributed by atoms with Crippen molar-refractivity contribution in [3.05, 3.63) is 47.6 Å². The van der Waals surface area contributed by atoms with Crippen LogP contribution in [0.15, 0.2) is 34.9 Å². The monoisotopic (exact) mass is 259 g/mol. The topological polar surface area (TPSA) is 74.0 Å². The molecule has 0 atom stereocenters. The number of nitrogens with two attached hydrogens (primary N) is 1. The van der Waals surface area contributed by atoms with Crippen molar-refractivity contribution in [2.24, 2.45) is 7.05 Å². The Labute approximate surface area is 107 Å². The highest BCUT2D eigenvalue weighted by Gasteiger charge is 2.19. The molecular formula is C13H10FN3O2. The molecule has 0 radical (unpaired) electrons. The van der Waals surface area contributed by atoms with Gasteiger partial charge in [-0.15, -0.1) is 0 Å². The van der Waals surface area contributed by atoms with Crippen molar-refractivity contribution in [2.45, 2.75) is 0 Å². The van der Waals surface area contributed by atoms with E-state index in [2.05, 4.69) is 5.10 Å². The molecule has 2 aromatic heterocycles. The summed E-state index contributed by atoms with van der Waals surface area (Å²) < 4.78 is 19.9. The number of rotatable bonds is 2. The van der Waals surface area contributed by atoms with Crippen molar-refractivity contribution in [1.82, 2.24) is 9.78 Å². The number of halogens is 1. The quantitative estimate of drug-likeness (QED) is 0.715.